The van der Waals surface area contributed by atoms with E-state index in [1.54, 1.807) is 36.5 Å². The van der Waals surface area contributed by atoms with Gasteiger partial charge >= 0.3 is 6.36 Å². The van der Waals surface area contributed by atoms with Crippen molar-refractivity contribution < 1.29 is 22.7 Å². The fourth-order valence-corrected chi connectivity index (χ4v) is 4.36. The number of aromatic nitrogens is 3. The molecule has 0 radical (unpaired) electrons. The summed E-state index contributed by atoms with van der Waals surface area (Å²) < 4.78 is 43.1. The topological polar surface area (TPSA) is 69.0 Å². The number of nitrogens with zero attached hydrogens (tertiary/aromatic N) is 3. The molecule has 2 heterocycles. The van der Waals surface area contributed by atoms with E-state index in [4.69, 9.17) is 11.6 Å². The Labute approximate surface area is 208 Å². The van der Waals surface area contributed by atoms with Gasteiger partial charge in [-0.1, -0.05) is 47.6 Å². The maximum Gasteiger partial charge on any atom is 0.573 e. The molecule has 0 fully saturated rings. The first kappa shape index (κ1) is 24.9. The van der Waals surface area contributed by atoms with Crippen molar-refractivity contribution in [3.8, 4) is 5.75 Å². The number of hydrogen-bond acceptors (Lipinski definition) is 5. The first-order valence-corrected chi connectivity index (χ1v) is 11.9. The van der Waals surface area contributed by atoms with Crippen LogP contribution in [-0.2, 0) is 11.3 Å². The highest BCUT2D eigenvalue weighted by Gasteiger charge is 2.31. The molecule has 0 saturated carbocycles. The van der Waals surface area contributed by atoms with Crippen LogP contribution in [0, 0.1) is 0 Å². The van der Waals surface area contributed by atoms with E-state index in [1.165, 1.54) is 23.9 Å². The van der Waals surface area contributed by atoms with Crippen molar-refractivity contribution in [2.75, 3.05) is 5.75 Å². The molecule has 4 rings (SSSR count). The van der Waals surface area contributed by atoms with Gasteiger partial charge in [-0.25, -0.2) is 9.97 Å². The molecule has 1 unspecified atom stereocenters. The van der Waals surface area contributed by atoms with Gasteiger partial charge in [-0.2, -0.15) is 0 Å². The van der Waals surface area contributed by atoms with Crippen LogP contribution in [0.25, 0.3) is 11.2 Å². The zero-order valence-electron chi connectivity index (χ0n) is 18.4. The molecular formula is C24H20ClF3N4O2S. The molecule has 0 aliphatic rings. The molecule has 1 atom stereocenters. The van der Waals surface area contributed by atoms with Crippen LogP contribution in [0.4, 0.5) is 13.2 Å². The Kier molecular flexibility index (Phi) is 7.51. The van der Waals surface area contributed by atoms with E-state index < -0.39 is 6.36 Å². The Morgan fingerprint density at radius 3 is 2.54 bits per heavy atom. The Bertz CT molecular complexity index is 1310. The number of hydrogen-bond donors (Lipinski definition) is 1. The highest BCUT2D eigenvalue weighted by molar-refractivity contribution is 7.99. The van der Waals surface area contributed by atoms with E-state index in [2.05, 4.69) is 20.0 Å². The molecule has 182 valence electrons. The second kappa shape index (κ2) is 10.6. The number of imidazole rings is 1. The molecule has 1 amide bonds. The number of benzene rings is 2. The maximum absolute atomic E-state index is 12.6. The molecule has 4 aromatic rings. The maximum atomic E-state index is 12.6. The first-order valence-electron chi connectivity index (χ1n) is 10.5. The molecule has 0 saturated heterocycles. The number of ether oxygens (including phenoxy) is 1. The molecular weight excluding hydrogens is 501 g/mol. The fraction of sp³-hybridized carbons (Fsp3) is 0.208. The number of carbonyl (C=O) groups excluding carboxylic acids is 1. The number of amides is 1. The van der Waals surface area contributed by atoms with Gasteiger partial charge in [0.1, 0.15) is 11.3 Å². The summed E-state index contributed by atoms with van der Waals surface area (Å²) in [5.74, 6) is -0.340. The SMILES string of the molecule is CC(NC(=O)CSc1nc2cccnc2n1Cc1ccc(OC(F)(F)F)cc1)c1ccc(Cl)cc1. The number of fused-ring (bicyclic) bond motifs is 1. The van der Waals surface area contributed by atoms with Crippen molar-refractivity contribution in [2.24, 2.45) is 0 Å². The van der Waals surface area contributed by atoms with Crippen LogP contribution in [0.2, 0.25) is 5.02 Å². The standard InChI is InChI=1S/C24H20ClF3N4O2S/c1-15(17-6-8-18(25)9-7-17)30-21(33)14-35-23-31-20-3-2-12-29-22(20)32(23)13-16-4-10-19(11-5-16)34-24(26,27)28/h2-12,15H,13-14H2,1H3,(H,30,33). The third-order valence-electron chi connectivity index (χ3n) is 5.05. The Morgan fingerprint density at radius 1 is 1.14 bits per heavy atom. The van der Waals surface area contributed by atoms with Gasteiger partial charge in [0.2, 0.25) is 5.91 Å². The van der Waals surface area contributed by atoms with Gasteiger partial charge in [0, 0.05) is 11.2 Å². The Balaban J connectivity index is 1.46. The lowest BCUT2D eigenvalue weighted by Gasteiger charge is -2.14. The normalized spacial score (nSPS) is 12.5. The summed E-state index contributed by atoms with van der Waals surface area (Å²) in [6, 6.07) is 16.2. The van der Waals surface area contributed by atoms with Gasteiger partial charge in [0.15, 0.2) is 10.8 Å². The second-order valence-corrected chi connectivity index (χ2v) is 9.03. The van der Waals surface area contributed by atoms with Gasteiger partial charge < -0.3 is 10.1 Å². The molecule has 0 bridgehead atoms. The van der Waals surface area contributed by atoms with Crippen LogP contribution < -0.4 is 10.1 Å². The molecule has 2 aromatic heterocycles. The molecule has 6 nitrogen and oxygen atoms in total. The van der Waals surface area contributed by atoms with E-state index in [9.17, 15) is 18.0 Å². The van der Waals surface area contributed by atoms with E-state index in [1.807, 2.05) is 29.7 Å². The van der Waals surface area contributed by atoms with Crippen LogP contribution in [0.5, 0.6) is 5.75 Å². The van der Waals surface area contributed by atoms with E-state index in [0.717, 1.165) is 11.1 Å². The number of rotatable bonds is 8. The average molecular weight is 521 g/mol. The van der Waals surface area contributed by atoms with Gasteiger partial charge in [-0.05, 0) is 54.4 Å². The van der Waals surface area contributed by atoms with Crippen molar-refractivity contribution in [3.63, 3.8) is 0 Å². The Morgan fingerprint density at radius 2 is 1.86 bits per heavy atom. The number of alkyl halides is 3. The Hall–Kier alpha value is -3.24. The molecule has 1 N–H and O–H groups in total. The highest BCUT2D eigenvalue weighted by atomic mass is 35.5. The quantitative estimate of drug-likeness (QED) is 0.288. The monoisotopic (exact) mass is 520 g/mol. The van der Waals surface area contributed by atoms with Crippen LogP contribution >= 0.6 is 23.4 Å². The third-order valence-corrected chi connectivity index (χ3v) is 6.27. The summed E-state index contributed by atoms with van der Waals surface area (Å²) in [4.78, 5) is 21.6. The van der Waals surface area contributed by atoms with E-state index in [0.29, 0.717) is 27.9 Å². The molecule has 35 heavy (non-hydrogen) atoms. The lowest BCUT2D eigenvalue weighted by molar-refractivity contribution is -0.274. The molecule has 11 heteroatoms. The minimum atomic E-state index is -4.75. The number of pyridine rings is 1. The lowest BCUT2D eigenvalue weighted by Crippen LogP contribution is -2.28. The number of nitrogens with one attached hydrogen (secondary N) is 1. The lowest BCUT2D eigenvalue weighted by atomic mass is 10.1. The zero-order valence-corrected chi connectivity index (χ0v) is 20.0. The van der Waals surface area contributed by atoms with Gasteiger partial charge in [0.05, 0.1) is 18.3 Å². The molecule has 0 spiro atoms. The summed E-state index contributed by atoms with van der Waals surface area (Å²) in [6.45, 7) is 2.20. The predicted octanol–water partition coefficient (Wildman–Crippen LogP) is 6.00. The van der Waals surface area contributed by atoms with Crippen molar-refractivity contribution in [1.29, 1.82) is 0 Å². The predicted molar refractivity (Wildman–Crippen MR) is 128 cm³/mol. The molecule has 0 aliphatic carbocycles. The van der Waals surface area contributed by atoms with E-state index in [-0.39, 0.29) is 23.5 Å². The van der Waals surface area contributed by atoms with Crippen molar-refractivity contribution in [1.82, 2.24) is 19.9 Å². The fourth-order valence-electron chi connectivity index (χ4n) is 3.42. The largest absolute Gasteiger partial charge is 0.573 e. The number of halogens is 4. The van der Waals surface area contributed by atoms with Crippen LogP contribution in [0.3, 0.4) is 0 Å². The molecule has 2 aromatic carbocycles. The summed E-state index contributed by atoms with van der Waals surface area (Å²) in [6.07, 6.45) is -3.11. The minimum Gasteiger partial charge on any atom is -0.406 e. The molecule has 0 aliphatic heterocycles. The van der Waals surface area contributed by atoms with Gasteiger partial charge in [-0.3, -0.25) is 9.36 Å². The summed E-state index contributed by atoms with van der Waals surface area (Å²) in [5, 5.41) is 4.15. The van der Waals surface area contributed by atoms with E-state index >= 15 is 0 Å². The summed E-state index contributed by atoms with van der Waals surface area (Å²) >= 11 is 7.18. The third kappa shape index (κ3) is 6.67. The van der Waals surface area contributed by atoms with Crippen molar-refractivity contribution in [2.45, 2.75) is 31.0 Å². The van der Waals surface area contributed by atoms with Gasteiger partial charge in [0.25, 0.3) is 0 Å². The second-order valence-electron chi connectivity index (χ2n) is 7.65. The van der Waals surface area contributed by atoms with Crippen LogP contribution in [-0.4, -0.2) is 32.6 Å². The summed E-state index contributed by atoms with van der Waals surface area (Å²) in [5.41, 5.74) is 2.93. The van der Waals surface area contributed by atoms with Crippen LogP contribution in [0.1, 0.15) is 24.1 Å². The van der Waals surface area contributed by atoms with Crippen molar-refractivity contribution in [3.05, 3.63) is 83.0 Å². The van der Waals surface area contributed by atoms with Crippen LogP contribution in [0.15, 0.2) is 72.0 Å². The number of carbonyl (C=O) groups is 1. The van der Waals surface area contributed by atoms with Gasteiger partial charge in [-0.15, -0.1) is 13.2 Å². The number of thioether (sulfide) groups is 1. The highest BCUT2D eigenvalue weighted by Crippen LogP contribution is 2.26. The first-order chi connectivity index (χ1) is 16.7. The zero-order chi connectivity index (χ0) is 25.0. The van der Waals surface area contributed by atoms with Crippen molar-refractivity contribution >= 4 is 40.4 Å². The minimum absolute atomic E-state index is 0.125. The smallest absolute Gasteiger partial charge is 0.406 e. The average Bonchev–Trinajstić information content (AvgIpc) is 3.16. The summed E-state index contributed by atoms with van der Waals surface area (Å²) in [7, 11) is 0.